The summed E-state index contributed by atoms with van der Waals surface area (Å²) in [5, 5.41) is 21.3. The van der Waals surface area contributed by atoms with Crippen LogP contribution in [-0.4, -0.2) is 74.3 Å². The lowest BCUT2D eigenvalue weighted by molar-refractivity contribution is -0.119. The van der Waals surface area contributed by atoms with E-state index in [2.05, 4.69) is 15.5 Å². The molecule has 0 atom stereocenters. The number of nitrogens with two attached hydrogens (primary N) is 1. The number of sulfonamides is 1. The number of benzene rings is 2. The Balaban J connectivity index is 1.05. The van der Waals surface area contributed by atoms with Gasteiger partial charge in [-0.05, 0) is 67.5 Å². The van der Waals surface area contributed by atoms with Gasteiger partial charge in [-0.1, -0.05) is 19.3 Å². The van der Waals surface area contributed by atoms with E-state index < -0.39 is 27.2 Å². The molecule has 1 aliphatic heterocycles. The predicted molar refractivity (Wildman–Crippen MR) is 177 cm³/mol. The quantitative estimate of drug-likeness (QED) is 0.239. The number of aromatic carboxylic acids is 1. The van der Waals surface area contributed by atoms with E-state index in [1.807, 2.05) is 9.47 Å². The highest BCUT2D eigenvalue weighted by atomic mass is 32.2. The van der Waals surface area contributed by atoms with E-state index in [0.717, 1.165) is 44.9 Å². The van der Waals surface area contributed by atoms with E-state index in [4.69, 9.17) is 5.14 Å². The molecule has 2 heterocycles. The van der Waals surface area contributed by atoms with Crippen molar-refractivity contribution in [3.63, 3.8) is 0 Å². The number of anilines is 2. The van der Waals surface area contributed by atoms with Crippen LogP contribution in [0.25, 0.3) is 10.9 Å². The van der Waals surface area contributed by atoms with Gasteiger partial charge in [0.1, 0.15) is 11.4 Å². The maximum Gasteiger partial charge on any atom is 0.341 e. The van der Waals surface area contributed by atoms with Crippen molar-refractivity contribution in [1.82, 2.24) is 14.8 Å². The monoisotopic (exact) mass is 668 g/mol. The van der Waals surface area contributed by atoms with E-state index in [-0.39, 0.29) is 33.2 Å². The number of nitrogens with one attached hydrogen (secondary N) is 2. The zero-order valence-electron chi connectivity index (χ0n) is 26.2. The number of amides is 1. The zero-order chi connectivity index (χ0) is 33.3. The first kappa shape index (κ1) is 33.1. The number of fused-ring (bicyclic) bond motifs is 1. The van der Waals surface area contributed by atoms with Crippen LogP contribution in [0.1, 0.15) is 67.8 Å². The smallest absolute Gasteiger partial charge is 0.341 e. The second-order valence-corrected chi connectivity index (χ2v) is 14.7. The number of carbonyl (C=O) groups excluding carboxylic acids is 1. The second-order valence-electron chi connectivity index (χ2n) is 13.2. The van der Waals surface area contributed by atoms with Gasteiger partial charge in [-0.2, -0.15) is 0 Å². The van der Waals surface area contributed by atoms with Crippen molar-refractivity contribution in [2.75, 3.05) is 49.6 Å². The van der Waals surface area contributed by atoms with E-state index in [0.29, 0.717) is 62.7 Å². The van der Waals surface area contributed by atoms with Gasteiger partial charge in [0.25, 0.3) is 0 Å². The van der Waals surface area contributed by atoms with Crippen molar-refractivity contribution < 1.29 is 27.5 Å². The first-order chi connectivity index (χ1) is 22.4. The maximum absolute atomic E-state index is 15.4. The molecule has 5 N–H and O–H groups in total. The summed E-state index contributed by atoms with van der Waals surface area (Å²) in [6.45, 7) is 3.87. The summed E-state index contributed by atoms with van der Waals surface area (Å²) in [5.74, 6) is -1.97. The van der Waals surface area contributed by atoms with Crippen molar-refractivity contribution >= 4 is 44.2 Å². The largest absolute Gasteiger partial charge is 0.477 e. The highest BCUT2D eigenvalue weighted by molar-refractivity contribution is 7.89. The Morgan fingerprint density at radius 1 is 1.02 bits per heavy atom. The van der Waals surface area contributed by atoms with Crippen molar-refractivity contribution in [3.05, 3.63) is 64.2 Å². The van der Waals surface area contributed by atoms with E-state index in [1.54, 1.807) is 6.07 Å². The summed E-state index contributed by atoms with van der Waals surface area (Å²) in [7, 11) is -3.81. The minimum absolute atomic E-state index is 0.0117. The third kappa shape index (κ3) is 7.51. The molecule has 1 aromatic heterocycles. The minimum atomic E-state index is -3.81. The molecule has 2 saturated carbocycles. The third-order valence-electron chi connectivity index (χ3n) is 9.74. The van der Waals surface area contributed by atoms with Gasteiger partial charge in [0.15, 0.2) is 0 Å². The number of carboxylic acids is 1. The molecule has 2 aliphatic carbocycles. The molecule has 6 rings (SSSR count). The number of piperazine rings is 1. The fraction of sp³-hybridized carbons (Fsp3) is 0.485. The van der Waals surface area contributed by atoms with Crippen LogP contribution in [0, 0.1) is 11.2 Å². The van der Waals surface area contributed by atoms with E-state index in [9.17, 15) is 27.9 Å². The molecule has 3 aromatic rings. The minimum Gasteiger partial charge on any atom is -0.477 e. The van der Waals surface area contributed by atoms with E-state index >= 15 is 4.39 Å². The Bertz CT molecular complexity index is 1830. The molecule has 1 amide bonds. The number of carbonyl (C=O) groups is 2. The molecule has 0 spiro atoms. The molecule has 3 fully saturated rings. The topological polar surface area (TPSA) is 167 Å². The van der Waals surface area contributed by atoms with Crippen molar-refractivity contribution in [3.8, 4) is 0 Å². The number of carboxylic acid groups (broad SMARTS) is 1. The van der Waals surface area contributed by atoms with Crippen LogP contribution in [0.4, 0.5) is 15.8 Å². The highest BCUT2D eigenvalue weighted by Crippen LogP contribution is 2.40. The molecule has 0 unspecified atom stereocenters. The molecule has 0 radical (unpaired) electrons. The predicted octanol–water partition coefficient (Wildman–Crippen LogP) is 3.47. The molecule has 2 aromatic carbocycles. The molecule has 14 heteroatoms. The molecular weight excluding hydrogens is 627 g/mol. The number of halogens is 1. The fourth-order valence-electron chi connectivity index (χ4n) is 7.03. The molecule has 1 saturated heterocycles. The summed E-state index contributed by atoms with van der Waals surface area (Å²) >= 11 is 0. The summed E-state index contributed by atoms with van der Waals surface area (Å²) in [4.78, 5) is 41.8. The maximum atomic E-state index is 15.4. The van der Waals surface area contributed by atoms with Crippen molar-refractivity contribution in [1.29, 1.82) is 0 Å². The van der Waals surface area contributed by atoms with Crippen LogP contribution in [0.2, 0.25) is 0 Å². The normalized spacial score (nSPS) is 18.7. The van der Waals surface area contributed by atoms with Gasteiger partial charge in [-0.15, -0.1) is 0 Å². The lowest BCUT2D eigenvalue weighted by Gasteiger charge is -2.39. The first-order valence-corrected chi connectivity index (χ1v) is 17.7. The average molecular weight is 669 g/mol. The molecule has 3 aliphatic rings. The van der Waals surface area contributed by atoms with Crippen molar-refractivity contribution in [2.45, 2.75) is 62.3 Å². The summed E-state index contributed by atoms with van der Waals surface area (Å²) in [6, 6.07) is 8.81. The number of hydrogen-bond donors (Lipinski definition) is 4. The lowest BCUT2D eigenvalue weighted by atomic mass is 9.71. The molecule has 252 valence electrons. The average Bonchev–Trinajstić information content (AvgIpc) is 3.87. The van der Waals surface area contributed by atoms with Gasteiger partial charge in [0.2, 0.25) is 21.4 Å². The number of nitrogens with zero attached hydrogens (tertiary/aromatic N) is 3. The summed E-state index contributed by atoms with van der Waals surface area (Å²) in [5.41, 5.74) is 0.293. The molecule has 47 heavy (non-hydrogen) atoms. The van der Waals surface area contributed by atoms with Crippen LogP contribution in [0.5, 0.6) is 0 Å². The number of primary sulfonamides is 1. The zero-order valence-corrected chi connectivity index (χ0v) is 27.0. The number of pyridine rings is 1. The first-order valence-electron chi connectivity index (χ1n) is 16.1. The third-order valence-corrected chi connectivity index (χ3v) is 10.7. The summed E-state index contributed by atoms with van der Waals surface area (Å²) in [6.07, 6.45) is 8.65. The van der Waals surface area contributed by atoms with Gasteiger partial charge < -0.3 is 25.2 Å². The lowest BCUT2D eigenvalue weighted by Crippen LogP contribution is -2.51. The van der Waals surface area contributed by atoms with Crippen LogP contribution >= 0.6 is 0 Å². The standard InChI is InChI=1S/C33H41FN6O6S/c34-27-16-25-28(40(23-6-7-23)19-26(31(25)42)32(43)44)17-29(27)39-14-12-38(13-15-39)21-36-20-33(10-2-1-3-11-33)18-30(41)37-22-4-8-24(9-5-22)47(35,45)46/h4-5,8-9,16-17,19,23,36H,1-3,6-7,10-15,18,20-21H2,(H,37,41)(H,43,44)(H2,35,45,46). The Kier molecular flexibility index (Phi) is 9.38. The Labute approximate surface area is 272 Å². The Hall–Kier alpha value is -3.85. The van der Waals surface area contributed by atoms with Crippen molar-refractivity contribution in [2.24, 2.45) is 10.6 Å². The van der Waals surface area contributed by atoms with Gasteiger partial charge in [-0.3, -0.25) is 14.5 Å². The number of rotatable bonds is 11. The Morgan fingerprint density at radius 3 is 2.32 bits per heavy atom. The fourth-order valence-corrected chi connectivity index (χ4v) is 7.54. The highest BCUT2D eigenvalue weighted by Gasteiger charge is 2.34. The SMILES string of the molecule is NS(=O)(=O)c1ccc(NC(=O)CC2(CNCN3CCN(c4cc5c(cc4F)c(=O)c(C(=O)O)cn5C4CC4)CC3)CCCCC2)cc1. The molecular formula is C33H41FN6O6S. The summed E-state index contributed by atoms with van der Waals surface area (Å²) < 4.78 is 40.3. The van der Waals surface area contributed by atoms with Crippen LogP contribution < -0.4 is 26.1 Å². The van der Waals surface area contributed by atoms with Gasteiger partial charge in [0, 0.05) is 69.1 Å². The second kappa shape index (κ2) is 13.3. The number of aromatic nitrogens is 1. The van der Waals surface area contributed by atoms with Gasteiger partial charge in [0.05, 0.1) is 16.1 Å². The molecule has 12 nitrogen and oxygen atoms in total. The van der Waals surface area contributed by atoms with Crippen LogP contribution in [0.15, 0.2) is 52.3 Å². The van der Waals surface area contributed by atoms with Crippen LogP contribution in [-0.2, 0) is 14.8 Å². The van der Waals surface area contributed by atoms with E-state index in [1.165, 1.54) is 36.5 Å². The van der Waals surface area contributed by atoms with Gasteiger partial charge >= 0.3 is 5.97 Å². The molecule has 0 bridgehead atoms. The van der Waals surface area contributed by atoms with Gasteiger partial charge in [-0.25, -0.2) is 22.7 Å². The van der Waals surface area contributed by atoms with Crippen LogP contribution in [0.3, 0.4) is 0 Å². The Morgan fingerprint density at radius 2 is 1.70 bits per heavy atom. The number of hydrogen-bond acceptors (Lipinski definition) is 8.